The fraction of sp³-hybridized carbons (Fsp3) is 0.435. The number of rotatable bonds is 14. The van der Waals surface area contributed by atoms with Gasteiger partial charge in [-0.05, 0) is 51.7 Å². The molecule has 0 spiro atoms. The lowest BCUT2D eigenvalue weighted by molar-refractivity contribution is -0.117. The fourth-order valence-electron chi connectivity index (χ4n) is 3.05. The number of hydrogen-bond acceptors (Lipinski definition) is 9. The third-order valence-corrected chi connectivity index (χ3v) is 6.35. The van der Waals surface area contributed by atoms with Crippen molar-refractivity contribution in [1.29, 1.82) is 0 Å². The predicted molar refractivity (Wildman–Crippen MR) is 132 cm³/mol. The average molecular weight is 472 g/mol. The molecule has 0 aromatic carbocycles. The molecule has 3 heterocycles. The molecule has 0 fully saturated rings. The van der Waals surface area contributed by atoms with Crippen LogP contribution >= 0.6 is 22.7 Å². The Bertz CT molecular complexity index is 953. The van der Waals surface area contributed by atoms with Gasteiger partial charge in [0.1, 0.15) is 23.0 Å². The van der Waals surface area contributed by atoms with E-state index in [0.29, 0.717) is 12.8 Å². The highest BCUT2D eigenvalue weighted by Crippen LogP contribution is 2.28. The van der Waals surface area contributed by atoms with Gasteiger partial charge in [-0.1, -0.05) is 6.07 Å². The number of aromatic nitrogens is 3. The van der Waals surface area contributed by atoms with Gasteiger partial charge in [0.15, 0.2) is 10.3 Å². The van der Waals surface area contributed by atoms with Crippen molar-refractivity contribution < 1.29 is 9.59 Å². The molecular formula is C23H29N5O2S2. The van der Waals surface area contributed by atoms with E-state index < -0.39 is 0 Å². The highest BCUT2D eigenvalue weighted by atomic mass is 32.1. The lowest BCUT2D eigenvalue weighted by Gasteiger charge is -2.02. The zero-order valence-corrected chi connectivity index (χ0v) is 20.2. The number of pyridine rings is 1. The smallest absolute Gasteiger partial charge is 0.183 e. The Morgan fingerprint density at radius 1 is 0.719 bits per heavy atom. The molecule has 9 heteroatoms. The molecule has 3 rings (SSSR count). The Balaban J connectivity index is 1.53. The molecule has 0 saturated heterocycles. The number of hydrogen-bond donors (Lipinski definition) is 2. The van der Waals surface area contributed by atoms with E-state index >= 15 is 0 Å². The molecule has 170 valence electrons. The minimum absolute atomic E-state index is 0.236. The molecule has 0 saturated carbocycles. The highest BCUT2D eigenvalue weighted by Gasteiger charge is 2.10. The van der Waals surface area contributed by atoms with Crippen molar-refractivity contribution in [3.8, 4) is 22.8 Å². The van der Waals surface area contributed by atoms with Crippen molar-refractivity contribution in [1.82, 2.24) is 15.0 Å². The number of nitrogens with one attached hydrogen (secondary N) is 2. The summed E-state index contributed by atoms with van der Waals surface area (Å²) in [7, 11) is 0. The number of unbranched alkanes of at least 4 members (excludes halogenated alkanes) is 2. The Labute approximate surface area is 196 Å². The van der Waals surface area contributed by atoms with Gasteiger partial charge in [0, 0.05) is 36.7 Å². The van der Waals surface area contributed by atoms with E-state index in [-0.39, 0.29) is 11.6 Å². The summed E-state index contributed by atoms with van der Waals surface area (Å²) in [6, 6.07) is 5.88. The Morgan fingerprint density at radius 3 is 1.62 bits per heavy atom. The van der Waals surface area contributed by atoms with Crippen LogP contribution in [-0.4, -0.2) is 39.6 Å². The van der Waals surface area contributed by atoms with E-state index in [0.717, 1.165) is 71.8 Å². The minimum Gasteiger partial charge on any atom is -0.362 e. The van der Waals surface area contributed by atoms with Crippen LogP contribution in [0.25, 0.3) is 22.8 Å². The normalized spacial score (nSPS) is 10.8. The second kappa shape index (κ2) is 12.4. The van der Waals surface area contributed by atoms with Crippen LogP contribution in [0.15, 0.2) is 29.0 Å². The Hall–Kier alpha value is -2.65. The summed E-state index contributed by atoms with van der Waals surface area (Å²) < 4.78 is 0. The van der Waals surface area contributed by atoms with Crippen LogP contribution in [-0.2, 0) is 9.59 Å². The van der Waals surface area contributed by atoms with Crippen molar-refractivity contribution in [3.05, 3.63) is 29.0 Å². The molecule has 0 radical (unpaired) electrons. The summed E-state index contributed by atoms with van der Waals surface area (Å²) in [4.78, 5) is 36.1. The van der Waals surface area contributed by atoms with E-state index in [1.54, 1.807) is 36.5 Å². The number of anilines is 2. The first-order chi connectivity index (χ1) is 15.5. The van der Waals surface area contributed by atoms with Crippen LogP contribution in [0, 0.1) is 0 Å². The van der Waals surface area contributed by atoms with Gasteiger partial charge in [-0.2, -0.15) is 0 Å². The number of carbonyl (C=O) groups excluding carboxylic acids is 2. The Morgan fingerprint density at radius 2 is 1.19 bits per heavy atom. The molecule has 0 aliphatic rings. The first-order valence-corrected chi connectivity index (χ1v) is 12.6. The van der Waals surface area contributed by atoms with Crippen LogP contribution in [0.5, 0.6) is 0 Å². The molecule has 0 amide bonds. The summed E-state index contributed by atoms with van der Waals surface area (Å²) in [6.45, 7) is 4.86. The largest absolute Gasteiger partial charge is 0.362 e. The van der Waals surface area contributed by atoms with Crippen molar-refractivity contribution in [3.63, 3.8) is 0 Å². The lowest BCUT2D eigenvalue weighted by atomic mass is 10.2. The molecule has 7 nitrogen and oxygen atoms in total. The van der Waals surface area contributed by atoms with Gasteiger partial charge in [0.2, 0.25) is 0 Å². The second-order valence-electron chi connectivity index (χ2n) is 7.66. The molecule has 3 aromatic heterocycles. The van der Waals surface area contributed by atoms with Crippen LogP contribution in [0.4, 0.5) is 10.3 Å². The summed E-state index contributed by atoms with van der Waals surface area (Å²) in [5.41, 5.74) is 3.30. The van der Waals surface area contributed by atoms with Crippen molar-refractivity contribution in [2.24, 2.45) is 0 Å². The van der Waals surface area contributed by atoms with E-state index in [9.17, 15) is 9.59 Å². The molecule has 0 unspecified atom stereocenters. The summed E-state index contributed by atoms with van der Waals surface area (Å²) in [6.07, 6.45) is 4.95. The number of thiazole rings is 2. The predicted octanol–water partition coefficient (Wildman–Crippen LogP) is 5.67. The van der Waals surface area contributed by atoms with Gasteiger partial charge in [-0.25, -0.2) is 15.0 Å². The number of ketones is 2. The summed E-state index contributed by atoms with van der Waals surface area (Å²) >= 11 is 3.11. The van der Waals surface area contributed by atoms with E-state index in [4.69, 9.17) is 4.98 Å². The maximum absolute atomic E-state index is 11.0. The molecule has 32 heavy (non-hydrogen) atoms. The van der Waals surface area contributed by atoms with E-state index in [1.165, 1.54) is 0 Å². The van der Waals surface area contributed by atoms with Gasteiger partial charge in [0.05, 0.1) is 11.4 Å². The lowest BCUT2D eigenvalue weighted by Crippen LogP contribution is -2.02. The van der Waals surface area contributed by atoms with Gasteiger partial charge >= 0.3 is 0 Å². The minimum atomic E-state index is 0.236. The SMILES string of the molecule is CC(=O)CCCCNc1nc(-c2cccc(-c3csc(NCCCCC(C)=O)n3)n2)cs1. The molecule has 3 aromatic rings. The average Bonchev–Trinajstić information content (AvgIpc) is 3.43. The van der Waals surface area contributed by atoms with Gasteiger partial charge in [-0.15, -0.1) is 22.7 Å². The van der Waals surface area contributed by atoms with Crippen molar-refractivity contribution >= 4 is 44.5 Å². The highest BCUT2D eigenvalue weighted by molar-refractivity contribution is 7.14. The summed E-state index contributed by atoms with van der Waals surface area (Å²) in [5.74, 6) is 0.473. The zero-order valence-electron chi connectivity index (χ0n) is 18.5. The van der Waals surface area contributed by atoms with Crippen LogP contribution in [0.2, 0.25) is 0 Å². The molecule has 0 aliphatic carbocycles. The third kappa shape index (κ3) is 7.80. The molecule has 0 atom stereocenters. The molecule has 2 N–H and O–H groups in total. The Kier molecular flexibility index (Phi) is 9.30. The zero-order chi connectivity index (χ0) is 22.8. The van der Waals surface area contributed by atoms with Crippen molar-refractivity contribution in [2.75, 3.05) is 23.7 Å². The molecular weight excluding hydrogens is 442 g/mol. The number of Topliss-reactive ketones (excluding diaryl/α,β-unsaturated/α-hetero) is 2. The fourth-order valence-corrected chi connectivity index (χ4v) is 4.52. The van der Waals surface area contributed by atoms with Crippen LogP contribution in [0.3, 0.4) is 0 Å². The standard InChI is InChI=1S/C23H29N5O2S2/c1-16(29)8-3-5-12-24-22-27-20(14-31-22)18-10-7-11-19(26-18)21-15-32-23(28-21)25-13-6-4-9-17(2)30/h7,10-11,14-15H,3-6,8-9,12-13H2,1-2H3,(H,24,27)(H,25,28). The second-order valence-corrected chi connectivity index (χ2v) is 9.37. The monoisotopic (exact) mass is 471 g/mol. The number of carbonyl (C=O) groups is 2. The molecule has 0 bridgehead atoms. The number of nitrogens with zero attached hydrogens (tertiary/aromatic N) is 3. The van der Waals surface area contributed by atoms with Gasteiger partial charge in [0.25, 0.3) is 0 Å². The third-order valence-electron chi connectivity index (χ3n) is 4.75. The first-order valence-electron chi connectivity index (χ1n) is 10.9. The van der Waals surface area contributed by atoms with Gasteiger partial charge < -0.3 is 20.2 Å². The van der Waals surface area contributed by atoms with Crippen LogP contribution < -0.4 is 10.6 Å². The van der Waals surface area contributed by atoms with Gasteiger partial charge in [-0.3, -0.25) is 0 Å². The quantitative estimate of drug-likeness (QED) is 0.292. The first kappa shape index (κ1) is 24.0. The van der Waals surface area contributed by atoms with E-state index in [1.807, 2.05) is 29.0 Å². The molecule has 0 aliphatic heterocycles. The summed E-state index contributed by atoms with van der Waals surface area (Å²) in [5, 5.41) is 12.4. The topological polar surface area (TPSA) is 96.9 Å². The van der Waals surface area contributed by atoms with Crippen molar-refractivity contribution in [2.45, 2.75) is 52.4 Å². The van der Waals surface area contributed by atoms with Crippen LogP contribution in [0.1, 0.15) is 52.4 Å². The maximum Gasteiger partial charge on any atom is 0.183 e. The maximum atomic E-state index is 11.0. The van der Waals surface area contributed by atoms with E-state index in [2.05, 4.69) is 20.6 Å².